The van der Waals surface area contributed by atoms with Crippen molar-refractivity contribution in [2.24, 2.45) is 5.41 Å². The Bertz CT molecular complexity index is 1730. The van der Waals surface area contributed by atoms with E-state index in [2.05, 4.69) is 40.8 Å². The summed E-state index contributed by atoms with van der Waals surface area (Å²) in [4.78, 5) is 36.0. The molecule has 51 heavy (non-hydrogen) atoms. The van der Waals surface area contributed by atoms with E-state index in [1.54, 1.807) is 48.0 Å². The van der Waals surface area contributed by atoms with E-state index in [1.165, 1.54) is 6.33 Å². The molecule has 0 radical (unpaired) electrons. The van der Waals surface area contributed by atoms with Crippen molar-refractivity contribution in [3.8, 4) is 5.75 Å². The monoisotopic (exact) mass is 760 g/mol. The number of halogens is 1. The fraction of sp³-hybridized carbons (Fsp3) is 0.588. The third-order valence-corrected chi connectivity index (χ3v) is 12.9. The molecule has 0 spiro atoms. The number of fused-ring (bicyclic) bond motifs is 1. The zero-order valence-corrected chi connectivity index (χ0v) is 33.4. The summed E-state index contributed by atoms with van der Waals surface area (Å²) in [5, 5.41) is 2.77. The third kappa shape index (κ3) is 12.6. The zero-order valence-electron chi connectivity index (χ0n) is 30.4. The summed E-state index contributed by atoms with van der Waals surface area (Å²) >= 11 is -0.275. The van der Waals surface area contributed by atoms with Gasteiger partial charge in [-0.15, -0.1) is 3.54 Å². The molecule has 5 atom stereocenters. The van der Waals surface area contributed by atoms with Gasteiger partial charge in [0.1, 0.15) is 18.1 Å². The standard InChI is InChI=1S/C30H41N6O8P.C4H9.ClH.Mg/c1-4-10-20(2)43-28(38)21(3)35-45(39,44-23-11-6-5-7-12-23)42-18-30(17-41-24-13-8-9-14-40-24)15-22(30)16-36-19-32-25-26(36)33-29(31)34-27(25)37;1-4(2)3;;/h5-7,11-12,16,19-21,24H,4,8-10,13-15,17-18H2,1-3H3,(H,35,39)(H3,31,33,34,37);1-3H3;1H;/q;;;+1/p-1/b22-16-;;;/t20?,21?,24?,30?,45-;;;/m0.../s1. The van der Waals surface area contributed by atoms with Crippen LogP contribution in [0, 0.1) is 5.41 Å². The minimum Gasteiger partial charge on any atom is -0.462 e. The number of nitrogens with two attached hydrogens (primary N) is 1. The minimum atomic E-state index is -4.13. The van der Waals surface area contributed by atoms with Crippen molar-refractivity contribution >= 4 is 65.4 Å². The Labute approximate surface area is 312 Å². The van der Waals surface area contributed by atoms with Crippen molar-refractivity contribution in [2.45, 2.75) is 102 Å². The van der Waals surface area contributed by atoms with Crippen molar-refractivity contribution in [1.29, 1.82) is 0 Å². The van der Waals surface area contributed by atoms with E-state index >= 15 is 0 Å². The lowest BCUT2D eigenvalue weighted by atomic mass is 10.1. The number of hydrogen-bond acceptors (Lipinski definition) is 11. The molecule has 4 unspecified atom stereocenters. The molecule has 5 rings (SSSR count). The van der Waals surface area contributed by atoms with Gasteiger partial charge in [-0.1, -0.05) is 52.3 Å². The molecule has 2 aliphatic rings. The first-order valence-electron chi connectivity index (χ1n) is 17.4. The molecular weight excluding hydrogens is 711 g/mol. The molecule has 4 N–H and O–H groups in total. The summed E-state index contributed by atoms with van der Waals surface area (Å²) in [5.74, 6) is -0.290. The zero-order chi connectivity index (χ0) is 37.2. The number of H-pyrrole nitrogens is 1. The Morgan fingerprint density at radius 1 is 1.27 bits per heavy atom. The summed E-state index contributed by atoms with van der Waals surface area (Å²) in [5.41, 5.74) is 5.95. The Kier molecular flexibility index (Phi) is 15.0. The van der Waals surface area contributed by atoms with Crippen LogP contribution in [0.3, 0.4) is 0 Å². The first-order chi connectivity index (χ1) is 24.2. The van der Waals surface area contributed by atoms with Crippen LogP contribution < -0.4 is 20.9 Å². The van der Waals surface area contributed by atoms with Gasteiger partial charge in [0.2, 0.25) is 5.95 Å². The third-order valence-electron chi connectivity index (χ3n) is 8.11. The molecule has 1 aliphatic heterocycles. The van der Waals surface area contributed by atoms with Crippen LogP contribution in [0.15, 0.2) is 47.0 Å². The van der Waals surface area contributed by atoms with Gasteiger partial charge in [-0.05, 0) is 63.7 Å². The molecule has 14 nitrogen and oxygen atoms in total. The van der Waals surface area contributed by atoms with Gasteiger partial charge in [-0.2, -0.15) is 10.1 Å². The molecule has 2 aromatic heterocycles. The van der Waals surface area contributed by atoms with Gasteiger partial charge in [0.15, 0.2) is 17.5 Å². The number of esters is 1. The highest BCUT2D eigenvalue weighted by Gasteiger charge is 2.52. The van der Waals surface area contributed by atoms with E-state index in [0.29, 0.717) is 34.4 Å². The quantitative estimate of drug-likeness (QED) is 0.0876. The van der Waals surface area contributed by atoms with Crippen LogP contribution in [-0.4, -0.2) is 83.0 Å². The Morgan fingerprint density at radius 3 is 2.65 bits per heavy atom. The molecule has 1 aromatic carbocycles. The first kappa shape index (κ1) is 41.3. The summed E-state index contributed by atoms with van der Waals surface area (Å²) in [7, 11) is 1.49. The van der Waals surface area contributed by atoms with Crippen molar-refractivity contribution in [2.75, 3.05) is 25.6 Å². The second kappa shape index (κ2) is 18.5. The van der Waals surface area contributed by atoms with E-state index in [1.807, 2.05) is 13.8 Å². The average Bonchev–Trinajstić information content (AvgIpc) is 3.62. The van der Waals surface area contributed by atoms with E-state index in [4.69, 9.17) is 38.1 Å². The maximum Gasteiger partial charge on any atom is 0.506 e. The van der Waals surface area contributed by atoms with Gasteiger partial charge < -0.3 is 33.5 Å². The summed E-state index contributed by atoms with van der Waals surface area (Å²) in [6, 6.07) is 7.60. The van der Waals surface area contributed by atoms with E-state index in [9.17, 15) is 14.2 Å². The lowest BCUT2D eigenvalue weighted by Gasteiger charge is -2.27. The number of nitrogens with one attached hydrogen (secondary N) is 2. The smallest absolute Gasteiger partial charge is 0.462 e. The maximum atomic E-state index is 14.2. The highest BCUT2D eigenvalue weighted by molar-refractivity contribution is 7.52. The van der Waals surface area contributed by atoms with Crippen molar-refractivity contribution < 1.29 is 32.6 Å². The van der Waals surface area contributed by atoms with Gasteiger partial charge in [-0.25, -0.2) is 9.55 Å². The number of rotatable bonds is 15. The molecular formula is C34H50ClMgN6O8P. The molecule has 1 saturated heterocycles. The molecule has 278 valence electrons. The summed E-state index contributed by atoms with van der Waals surface area (Å²) < 4.78 is 45.7. The fourth-order valence-corrected chi connectivity index (χ4v) is 6.68. The topological polar surface area (TPSA) is 182 Å². The normalized spacial score (nSPS) is 21.9. The van der Waals surface area contributed by atoms with Gasteiger partial charge in [0, 0.05) is 18.2 Å². The SMILES string of the molecule is CCCC(C)OC(=O)C(C)N[P@](=O)(OCC1(COC2CCCCO2)C/C1=C/n1cnc2c(=O)[nH]c(N)nc21)Oc1ccccc1.C[C](C)(C)[Mg][Cl]. The predicted molar refractivity (Wildman–Crippen MR) is 198 cm³/mol. The van der Waals surface area contributed by atoms with Gasteiger partial charge >= 0.3 is 33.0 Å². The second-order valence-corrected chi connectivity index (χ2v) is 19.1. The van der Waals surface area contributed by atoms with Crippen molar-refractivity contribution in [3.05, 3.63) is 52.6 Å². The molecule has 2 fully saturated rings. The lowest BCUT2D eigenvalue weighted by Crippen LogP contribution is -2.37. The van der Waals surface area contributed by atoms with Crippen molar-refractivity contribution in [1.82, 2.24) is 24.6 Å². The van der Waals surface area contributed by atoms with Crippen LogP contribution in [0.25, 0.3) is 17.4 Å². The number of carbonyl (C=O) groups is 1. The van der Waals surface area contributed by atoms with Crippen LogP contribution in [-0.2, 0) is 28.1 Å². The van der Waals surface area contributed by atoms with Crippen LogP contribution in [0.2, 0.25) is 3.54 Å². The number of aromatic amines is 1. The van der Waals surface area contributed by atoms with Gasteiger partial charge in [0.25, 0.3) is 5.56 Å². The number of benzene rings is 1. The summed E-state index contributed by atoms with van der Waals surface area (Å²) in [6.45, 7) is 12.7. The number of nitrogen functional groups attached to an aromatic ring is 1. The average molecular weight is 762 g/mol. The molecule has 3 heterocycles. The highest BCUT2D eigenvalue weighted by Crippen LogP contribution is 2.57. The number of anilines is 1. The van der Waals surface area contributed by atoms with Crippen molar-refractivity contribution in [3.63, 3.8) is 0 Å². The Hall–Kier alpha value is -2.49. The van der Waals surface area contributed by atoms with Crippen LogP contribution in [0.1, 0.15) is 80.1 Å². The number of aromatic nitrogens is 4. The van der Waals surface area contributed by atoms with Crippen LogP contribution >= 0.6 is 16.8 Å². The maximum absolute atomic E-state index is 14.2. The van der Waals surface area contributed by atoms with E-state index in [-0.39, 0.29) is 56.3 Å². The molecule has 0 bridgehead atoms. The molecule has 3 aromatic rings. The largest absolute Gasteiger partial charge is 0.506 e. The number of ether oxygens (including phenoxy) is 3. The number of para-hydroxylation sites is 1. The molecule has 17 heteroatoms. The Balaban J connectivity index is 0.000000894. The first-order valence-corrected chi connectivity index (χ1v) is 21.7. The number of hydrogen-bond donors (Lipinski definition) is 3. The van der Waals surface area contributed by atoms with Gasteiger partial charge in [0.05, 0.1) is 19.3 Å². The molecule has 1 saturated carbocycles. The summed E-state index contributed by atoms with van der Waals surface area (Å²) in [6.07, 6.45) is 7.44. The van der Waals surface area contributed by atoms with Gasteiger partial charge in [-0.3, -0.25) is 23.7 Å². The second-order valence-electron chi connectivity index (χ2n) is 14.3. The lowest BCUT2D eigenvalue weighted by molar-refractivity contribution is -0.171. The minimum absolute atomic E-state index is 0.0300. The van der Waals surface area contributed by atoms with E-state index < -0.39 is 30.7 Å². The molecule has 1 aliphatic carbocycles. The highest BCUT2D eigenvalue weighted by atomic mass is 35.5. The van der Waals surface area contributed by atoms with E-state index in [0.717, 1.165) is 31.3 Å². The predicted octanol–water partition coefficient (Wildman–Crippen LogP) is 6.45. The fourth-order valence-electron chi connectivity index (χ4n) is 5.11. The number of imidazole rings is 1. The van der Waals surface area contributed by atoms with Crippen LogP contribution in [0.4, 0.5) is 5.95 Å². The number of nitrogens with zero attached hydrogens (tertiary/aromatic N) is 3. The van der Waals surface area contributed by atoms with Crippen LogP contribution in [0.5, 0.6) is 5.75 Å². The molecule has 0 amide bonds. The Morgan fingerprint density at radius 2 is 2.00 bits per heavy atom. The number of carbonyl (C=O) groups excluding carboxylic acids is 1.